The van der Waals surface area contributed by atoms with Gasteiger partial charge in [-0.15, -0.1) is 0 Å². The number of hydrogen-bond acceptors (Lipinski definition) is 6. The predicted octanol–water partition coefficient (Wildman–Crippen LogP) is 4.63. The molecule has 0 bridgehead atoms. The number of esters is 1. The molecule has 144 valence electrons. The first-order valence-corrected chi connectivity index (χ1v) is 9.23. The first-order valence-electron chi connectivity index (χ1n) is 9.23. The second kappa shape index (κ2) is 8.99. The maximum absolute atomic E-state index is 11.7. The molecule has 0 saturated heterocycles. The van der Waals surface area contributed by atoms with Crippen molar-refractivity contribution < 1.29 is 9.53 Å². The molecule has 0 radical (unpaired) electrons. The van der Waals surface area contributed by atoms with Crippen molar-refractivity contribution in [3.8, 4) is 0 Å². The summed E-state index contributed by atoms with van der Waals surface area (Å²) in [6.45, 7) is 6.79. The lowest BCUT2D eigenvalue weighted by Crippen LogP contribution is -2.07. The lowest BCUT2D eigenvalue weighted by atomic mass is 10.1. The zero-order chi connectivity index (χ0) is 19.9. The van der Waals surface area contributed by atoms with Crippen LogP contribution in [-0.4, -0.2) is 22.5 Å². The molecular weight excluding hydrogens is 352 g/mol. The number of carbonyl (C=O) groups is 1. The van der Waals surface area contributed by atoms with E-state index in [0.717, 1.165) is 11.4 Å². The second-order valence-electron chi connectivity index (χ2n) is 6.48. The Balaban J connectivity index is 1.68. The van der Waals surface area contributed by atoms with E-state index in [1.165, 1.54) is 11.1 Å². The SMILES string of the molecule is CCOC(=O)c1ccc(Nc2cc(C)nc(NCc3cccc(C)c3)n2)cc1. The van der Waals surface area contributed by atoms with Gasteiger partial charge in [0.25, 0.3) is 0 Å². The number of hydrogen-bond donors (Lipinski definition) is 2. The Labute approximate surface area is 165 Å². The molecule has 2 aromatic carbocycles. The molecule has 0 aliphatic rings. The number of rotatable bonds is 7. The molecule has 6 nitrogen and oxygen atoms in total. The highest BCUT2D eigenvalue weighted by Gasteiger charge is 2.07. The number of aryl methyl sites for hydroxylation is 2. The van der Waals surface area contributed by atoms with Crippen LogP contribution in [0.5, 0.6) is 0 Å². The zero-order valence-electron chi connectivity index (χ0n) is 16.3. The van der Waals surface area contributed by atoms with Crippen LogP contribution in [0, 0.1) is 13.8 Å². The largest absolute Gasteiger partial charge is 0.462 e. The summed E-state index contributed by atoms with van der Waals surface area (Å²) in [5, 5.41) is 6.52. The fourth-order valence-electron chi connectivity index (χ4n) is 2.77. The number of anilines is 3. The summed E-state index contributed by atoms with van der Waals surface area (Å²) in [6, 6.07) is 17.3. The number of carbonyl (C=O) groups excluding carboxylic acids is 1. The normalized spacial score (nSPS) is 10.4. The van der Waals surface area contributed by atoms with Crippen molar-refractivity contribution >= 4 is 23.4 Å². The summed E-state index contributed by atoms with van der Waals surface area (Å²) in [5.41, 5.74) is 4.60. The number of aromatic nitrogens is 2. The van der Waals surface area contributed by atoms with Crippen molar-refractivity contribution in [3.63, 3.8) is 0 Å². The van der Waals surface area contributed by atoms with E-state index < -0.39 is 0 Å². The van der Waals surface area contributed by atoms with Crippen LogP contribution in [0.1, 0.15) is 34.1 Å². The third kappa shape index (κ3) is 5.30. The van der Waals surface area contributed by atoms with Gasteiger partial charge >= 0.3 is 5.97 Å². The van der Waals surface area contributed by atoms with Crippen LogP contribution in [0.25, 0.3) is 0 Å². The maximum atomic E-state index is 11.7. The Morgan fingerprint density at radius 1 is 1.04 bits per heavy atom. The summed E-state index contributed by atoms with van der Waals surface area (Å²) >= 11 is 0. The number of nitrogens with zero attached hydrogens (tertiary/aromatic N) is 2. The number of ether oxygens (including phenoxy) is 1. The van der Waals surface area contributed by atoms with Gasteiger partial charge in [0.2, 0.25) is 5.95 Å². The molecular formula is C22H24N4O2. The Morgan fingerprint density at radius 2 is 1.82 bits per heavy atom. The third-order valence-electron chi connectivity index (χ3n) is 4.06. The van der Waals surface area contributed by atoms with E-state index in [0.29, 0.717) is 30.5 Å². The monoisotopic (exact) mass is 376 g/mol. The Morgan fingerprint density at radius 3 is 2.54 bits per heavy atom. The molecule has 3 rings (SSSR count). The van der Waals surface area contributed by atoms with Crippen LogP contribution in [0.3, 0.4) is 0 Å². The Hall–Kier alpha value is -3.41. The molecule has 0 saturated carbocycles. The highest BCUT2D eigenvalue weighted by molar-refractivity contribution is 5.89. The van der Waals surface area contributed by atoms with Gasteiger partial charge in [-0.2, -0.15) is 4.98 Å². The minimum absolute atomic E-state index is 0.324. The molecule has 2 N–H and O–H groups in total. The van der Waals surface area contributed by atoms with E-state index in [2.05, 4.69) is 45.7 Å². The molecule has 6 heteroatoms. The molecule has 0 spiro atoms. The van der Waals surface area contributed by atoms with Crippen molar-refractivity contribution in [2.75, 3.05) is 17.2 Å². The average Bonchev–Trinajstić information content (AvgIpc) is 2.67. The molecule has 1 aromatic heterocycles. The molecule has 0 fully saturated rings. The molecule has 0 unspecified atom stereocenters. The molecule has 1 heterocycles. The molecule has 0 aliphatic heterocycles. The van der Waals surface area contributed by atoms with Crippen LogP contribution < -0.4 is 10.6 Å². The lowest BCUT2D eigenvalue weighted by Gasteiger charge is -2.11. The third-order valence-corrected chi connectivity index (χ3v) is 4.06. The van der Waals surface area contributed by atoms with Crippen molar-refractivity contribution in [1.82, 2.24) is 9.97 Å². The fraction of sp³-hybridized carbons (Fsp3) is 0.227. The molecule has 0 amide bonds. The lowest BCUT2D eigenvalue weighted by molar-refractivity contribution is 0.0526. The van der Waals surface area contributed by atoms with Gasteiger partial charge in [-0.05, 0) is 50.6 Å². The summed E-state index contributed by atoms with van der Waals surface area (Å²) in [5.74, 6) is 0.921. The minimum atomic E-state index is -0.324. The van der Waals surface area contributed by atoms with Crippen LogP contribution in [0.4, 0.5) is 17.5 Å². The maximum Gasteiger partial charge on any atom is 0.338 e. The first-order chi connectivity index (χ1) is 13.5. The van der Waals surface area contributed by atoms with Crippen LogP contribution in [0.2, 0.25) is 0 Å². The quantitative estimate of drug-likeness (QED) is 0.586. The predicted molar refractivity (Wildman–Crippen MR) is 111 cm³/mol. The van der Waals surface area contributed by atoms with Gasteiger partial charge in [-0.25, -0.2) is 9.78 Å². The molecule has 0 atom stereocenters. The van der Waals surface area contributed by atoms with Gasteiger partial charge in [-0.3, -0.25) is 0 Å². The van der Waals surface area contributed by atoms with Gasteiger partial charge in [-0.1, -0.05) is 29.8 Å². The second-order valence-corrected chi connectivity index (χ2v) is 6.48. The van der Waals surface area contributed by atoms with Crippen molar-refractivity contribution in [2.24, 2.45) is 0 Å². The fourth-order valence-corrected chi connectivity index (χ4v) is 2.77. The van der Waals surface area contributed by atoms with E-state index >= 15 is 0 Å². The average molecular weight is 376 g/mol. The van der Waals surface area contributed by atoms with E-state index in [1.54, 1.807) is 19.1 Å². The molecule has 0 aliphatic carbocycles. The van der Waals surface area contributed by atoms with Gasteiger partial charge in [0.1, 0.15) is 5.82 Å². The van der Waals surface area contributed by atoms with Crippen LogP contribution in [-0.2, 0) is 11.3 Å². The highest BCUT2D eigenvalue weighted by atomic mass is 16.5. The van der Waals surface area contributed by atoms with E-state index in [1.807, 2.05) is 31.2 Å². The van der Waals surface area contributed by atoms with Gasteiger partial charge in [0.05, 0.1) is 12.2 Å². The molecule has 3 aromatic rings. The van der Waals surface area contributed by atoms with Gasteiger partial charge in [0, 0.05) is 24.0 Å². The summed E-state index contributed by atoms with van der Waals surface area (Å²) in [6.07, 6.45) is 0. The van der Waals surface area contributed by atoms with Crippen molar-refractivity contribution in [2.45, 2.75) is 27.3 Å². The summed E-state index contributed by atoms with van der Waals surface area (Å²) < 4.78 is 5.00. The standard InChI is InChI=1S/C22H24N4O2/c1-4-28-21(27)18-8-10-19(11-9-18)25-20-13-16(3)24-22(26-20)23-14-17-7-5-6-15(2)12-17/h5-13H,4,14H2,1-3H3,(H2,23,24,25,26). The van der Waals surface area contributed by atoms with Crippen LogP contribution in [0.15, 0.2) is 54.6 Å². The summed E-state index contributed by atoms with van der Waals surface area (Å²) in [4.78, 5) is 20.7. The zero-order valence-corrected chi connectivity index (χ0v) is 16.3. The Bertz CT molecular complexity index is 955. The smallest absolute Gasteiger partial charge is 0.338 e. The first kappa shape index (κ1) is 19.4. The Kier molecular flexibility index (Phi) is 6.22. The summed E-state index contributed by atoms with van der Waals surface area (Å²) in [7, 11) is 0. The number of benzene rings is 2. The highest BCUT2D eigenvalue weighted by Crippen LogP contribution is 2.18. The van der Waals surface area contributed by atoms with Gasteiger partial charge in [0.15, 0.2) is 0 Å². The van der Waals surface area contributed by atoms with Crippen LogP contribution >= 0.6 is 0 Å². The van der Waals surface area contributed by atoms with Gasteiger partial charge < -0.3 is 15.4 Å². The number of nitrogens with one attached hydrogen (secondary N) is 2. The van der Waals surface area contributed by atoms with Crippen molar-refractivity contribution in [1.29, 1.82) is 0 Å². The minimum Gasteiger partial charge on any atom is -0.462 e. The topological polar surface area (TPSA) is 76.1 Å². The van der Waals surface area contributed by atoms with E-state index in [4.69, 9.17) is 4.74 Å². The van der Waals surface area contributed by atoms with E-state index in [9.17, 15) is 4.79 Å². The van der Waals surface area contributed by atoms with E-state index in [-0.39, 0.29) is 5.97 Å². The molecule has 28 heavy (non-hydrogen) atoms. The van der Waals surface area contributed by atoms with Crippen molar-refractivity contribution in [3.05, 3.63) is 77.0 Å².